The minimum absolute atomic E-state index is 0.0549. The Balaban J connectivity index is 1.24. The number of carbonyl (C=O) groups excluding carboxylic acids is 2. The van der Waals surface area contributed by atoms with Gasteiger partial charge in [-0.3, -0.25) is 9.59 Å². The van der Waals surface area contributed by atoms with Crippen molar-refractivity contribution >= 4 is 23.2 Å². The van der Waals surface area contributed by atoms with Gasteiger partial charge >= 0.3 is 0 Å². The monoisotopic (exact) mass is 388 g/mol. The van der Waals surface area contributed by atoms with Crippen LogP contribution in [0.1, 0.15) is 44.1 Å². The van der Waals surface area contributed by atoms with E-state index in [1.807, 2.05) is 54.6 Å². The average molecular weight is 389 g/mol. The molecule has 29 heavy (non-hydrogen) atoms. The highest BCUT2D eigenvalue weighted by Crippen LogP contribution is 2.60. The van der Waals surface area contributed by atoms with Crippen LogP contribution in [-0.2, 0) is 16.0 Å². The molecule has 2 amide bonds. The fourth-order valence-corrected chi connectivity index (χ4v) is 6.31. The van der Waals surface area contributed by atoms with Gasteiger partial charge in [0.2, 0.25) is 11.8 Å². The van der Waals surface area contributed by atoms with E-state index in [1.165, 1.54) is 19.3 Å². The molecular formula is C25H28N2O2. The zero-order valence-electron chi connectivity index (χ0n) is 16.7. The maximum absolute atomic E-state index is 13.2. The summed E-state index contributed by atoms with van der Waals surface area (Å²) in [5, 5.41) is 6.12. The lowest BCUT2D eigenvalue weighted by Crippen LogP contribution is -2.51. The van der Waals surface area contributed by atoms with Crippen LogP contribution in [0.15, 0.2) is 54.6 Å². The van der Waals surface area contributed by atoms with Crippen molar-refractivity contribution in [3.63, 3.8) is 0 Å². The summed E-state index contributed by atoms with van der Waals surface area (Å²) < 4.78 is 0. The standard InChI is InChI=1S/C25H28N2O2/c28-23(12-17-5-2-1-3-6-17)26-21-7-4-8-22(13-21)27-24(29)25-14-18-9-19(15-25)11-20(10-18)16-25/h1-8,13,18-20H,9-12,14-16H2,(H,26,28)(H,27,29). The number of carbonyl (C=O) groups is 2. The first kappa shape index (κ1) is 18.4. The summed E-state index contributed by atoms with van der Waals surface area (Å²) in [6.45, 7) is 0. The minimum atomic E-state index is -0.165. The number of hydrogen-bond donors (Lipinski definition) is 2. The molecule has 0 spiro atoms. The molecule has 4 aliphatic rings. The van der Waals surface area contributed by atoms with E-state index in [4.69, 9.17) is 0 Å². The Labute approximate surface area is 172 Å². The molecule has 0 aromatic heterocycles. The molecule has 6 rings (SSSR count). The highest BCUT2D eigenvalue weighted by molar-refractivity contribution is 5.97. The van der Waals surface area contributed by atoms with Crippen LogP contribution in [0.2, 0.25) is 0 Å². The van der Waals surface area contributed by atoms with E-state index >= 15 is 0 Å². The van der Waals surface area contributed by atoms with Gasteiger partial charge in [-0.15, -0.1) is 0 Å². The summed E-state index contributed by atoms with van der Waals surface area (Å²) in [4.78, 5) is 25.6. The summed E-state index contributed by atoms with van der Waals surface area (Å²) in [7, 11) is 0. The second kappa shape index (κ2) is 7.33. The Hall–Kier alpha value is -2.62. The number of anilines is 2. The van der Waals surface area contributed by atoms with E-state index in [9.17, 15) is 9.59 Å². The molecule has 4 heteroatoms. The van der Waals surface area contributed by atoms with Gasteiger partial charge in [0, 0.05) is 11.4 Å². The third-order valence-corrected chi connectivity index (χ3v) is 7.13. The van der Waals surface area contributed by atoms with Crippen molar-refractivity contribution in [2.45, 2.75) is 44.9 Å². The molecule has 150 valence electrons. The van der Waals surface area contributed by atoms with E-state index < -0.39 is 0 Å². The van der Waals surface area contributed by atoms with Crippen molar-refractivity contribution in [1.82, 2.24) is 0 Å². The maximum atomic E-state index is 13.2. The average Bonchev–Trinajstić information content (AvgIpc) is 2.68. The summed E-state index contributed by atoms with van der Waals surface area (Å²) in [6.07, 6.45) is 7.49. The smallest absolute Gasteiger partial charge is 0.230 e. The molecule has 4 aliphatic carbocycles. The molecule has 0 heterocycles. The Bertz CT molecular complexity index is 886. The lowest BCUT2D eigenvalue weighted by atomic mass is 9.49. The number of benzene rings is 2. The fourth-order valence-electron chi connectivity index (χ4n) is 6.31. The van der Waals surface area contributed by atoms with Crippen molar-refractivity contribution in [2.24, 2.45) is 23.2 Å². The second-order valence-corrected chi connectivity index (χ2v) is 9.44. The van der Waals surface area contributed by atoms with Crippen molar-refractivity contribution in [1.29, 1.82) is 0 Å². The van der Waals surface area contributed by atoms with Gasteiger partial charge in [0.25, 0.3) is 0 Å². The topological polar surface area (TPSA) is 58.2 Å². The zero-order chi connectivity index (χ0) is 19.8. The Kier molecular flexibility index (Phi) is 4.65. The van der Waals surface area contributed by atoms with Gasteiger partial charge in [0.1, 0.15) is 0 Å². The molecule has 0 saturated heterocycles. The maximum Gasteiger partial charge on any atom is 0.230 e. The van der Waals surface area contributed by atoms with E-state index in [2.05, 4.69) is 10.6 Å². The van der Waals surface area contributed by atoms with Crippen LogP contribution in [0.25, 0.3) is 0 Å². The SMILES string of the molecule is O=C(Cc1ccccc1)Nc1cccc(NC(=O)C23CC4CC(CC(C4)C2)C3)c1. The Morgan fingerprint density at radius 2 is 1.38 bits per heavy atom. The quantitative estimate of drug-likeness (QED) is 0.755. The first-order valence-electron chi connectivity index (χ1n) is 10.8. The van der Waals surface area contributed by atoms with Crippen molar-refractivity contribution in [2.75, 3.05) is 10.6 Å². The van der Waals surface area contributed by atoms with Gasteiger partial charge in [-0.1, -0.05) is 36.4 Å². The van der Waals surface area contributed by atoms with Gasteiger partial charge in [-0.05, 0) is 80.0 Å². The van der Waals surface area contributed by atoms with Gasteiger partial charge in [0.15, 0.2) is 0 Å². The molecule has 4 saturated carbocycles. The van der Waals surface area contributed by atoms with Crippen LogP contribution in [0.5, 0.6) is 0 Å². The molecule has 2 aromatic rings. The molecule has 4 fully saturated rings. The molecule has 0 aliphatic heterocycles. The molecule has 0 radical (unpaired) electrons. The Morgan fingerprint density at radius 1 is 0.793 bits per heavy atom. The van der Waals surface area contributed by atoms with Gasteiger partial charge in [-0.25, -0.2) is 0 Å². The van der Waals surface area contributed by atoms with Crippen LogP contribution in [0, 0.1) is 23.2 Å². The van der Waals surface area contributed by atoms with Crippen LogP contribution in [0.3, 0.4) is 0 Å². The molecule has 2 N–H and O–H groups in total. The zero-order valence-corrected chi connectivity index (χ0v) is 16.7. The van der Waals surface area contributed by atoms with Crippen LogP contribution < -0.4 is 10.6 Å². The first-order chi connectivity index (χ1) is 14.1. The van der Waals surface area contributed by atoms with Crippen molar-refractivity contribution < 1.29 is 9.59 Å². The predicted molar refractivity (Wildman–Crippen MR) is 114 cm³/mol. The predicted octanol–water partition coefficient (Wildman–Crippen LogP) is 5.02. The van der Waals surface area contributed by atoms with Gasteiger partial charge < -0.3 is 10.6 Å². The van der Waals surface area contributed by atoms with E-state index in [0.29, 0.717) is 12.1 Å². The first-order valence-corrected chi connectivity index (χ1v) is 10.8. The van der Waals surface area contributed by atoms with E-state index in [-0.39, 0.29) is 17.2 Å². The summed E-state index contributed by atoms with van der Waals surface area (Å²) in [5.74, 6) is 2.37. The highest BCUT2D eigenvalue weighted by atomic mass is 16.2. The largest absolute Gasteiger partial charge is 0.326 e. The molecular weight excluding hydrogens is 360 g/mol. The molecule has 0 unspecified atom stereocenters. The van der Waals surface area contributed by atoms with Crippen molar-refractivity contribution in [3.05, 3.63) is 60.2 Å². The third-order valence-electron chi connectivity index (χ3n) is 7.13. The molecule has 2 aromatic carbocycles. The number of hydrogen-bond acceptors (Lipinski definition) is 2. The third kappa shape index (κ3) is 3.81. The summed E-state index contributed by atoms with van der Waals surface area (Å²) in [5.41, 5.74) is 2.30. The number of amides is 2. The van der Waals surface area contributed by atoms with Crippen LogP contribution >= 0.6 is 0 Å². The summed E-state index contributed by atoms with van der Waals surface area (Å²) in [6, 6.07) is 17.2. The van der Waals surface area contributed by atoms with Gasteiger partial charge in [-0.2, -0.15) is 0 Å². The van der Waals surface area contributed by atoms with Crippen LogP contribution in [0.4, 0.5) is 11.4 Å². The molecule has 0 atom stereocenters. The molecule has 4 bridgehead atoms. The number of rotatable bonds is 5. The second-order valence-electron chi connectivity index (χ2n) is 9.44. The summed E-state index contributed by atoms with van der Waals surface area (Å²) >= 11 is 0. The van der Waals surface area contributed by atoms with E-state index in [1.54, 1.807) is 0 Å². The van der Waals surface area contributed by atoms with Gasteiger partial charge in [0.05, 0.1) is 11.8 Å². The lowest BCUT2D eigenvalue weighted by molar-refractivity contribution is -0.140. The minimum Gasteiger partial charge on any atom is -0.326 e. The lowest BCUT2D eigenvalue weighted by Gasteiger charge is -2.55. The number of nitrogens with one attached hydrogen (secondary N) is 2. The normalized spacial score (nSPS) is 29.4. The Morgan fingerprint density at radius 3 is 2.00 bits per heavy atom. The van der Waals surface area contributed by atoms with Crippen molar-refractivity contribution in [3.8, 4) is 0 Å². The van der Waals surface area contributed by atoms with E-state index in [0.717, 1.165) is 48.3 Å². The molecule has 4 nitrogen and oxygen atoms in total. The fraction of sp³-hybridized carbons (Fsp3) is 0.440. The highest BCUT2D eigenvalue weighted by Gasteiger charge is 2.54. The van der Waals surface area contributed by atoms with Crippen LogP contribution in [-0.4, -0.2) is 11.8 Å².